The highest BCUT2D eigenvalue weighted by molar-refractivity contribution is 7.99. The van der Waals surface area contributed by atoms with Crippen molar-refractivity contribution in [3.05, 3.63) is 94.7 Å². The summed E-state index contributed by atoms with van der Waals surface area (Å²) in [6.45, 7) is 4.17. The van der Waals surface area contributed by atoms with E-state index in [0.29, 0.717) is 0 Å². The fourth-order valence-electron chi connectivity index (χ4n) is 3.69. The lowest BCUT2D eigenvalue weighted by Gasteiger charge is -2.16. The van der Waals surface area contributed by atoms with Crippen molar-refractivity contribution in [3.63, 3.8) is 0 Å². The van der Waals surface area contributed by atoms with E-state index in [-0.39, 0.29) is 11.3 Å². The predicted octanol–water partition coefficient (Wildman–Crippen LogP) is 4.90. The van der Waals surface area contributed by atoms with Gasteiger partial charge < -0.3 is 0 Å². The van der Waals surface area contributed by atoms with E-state index < -0.39 is 0 Å². The average Bonchev–Trinajstić information content (AvgIpc) is 3.04. The number of rotatable bonds is 2. The van der Waals surface area contributed by atoms with Crippen LogP contribution in [-0.2, 0) is 0 Å². The highest BCUT2D eigenvalue weighted by atomic mass is 32.2. The van der Waals surface area contributed by atoms with E-state index in [2.05, 4.69) is 84.3 Å². The van der Waals surface area contributed by atoms with Gasteiger partial charge in [0.05, 0.1) is 0 Å². The third-order valence-corrected chi connectivity index (χ3v) is 6.22. The zero-order chi connectivity index (χ0) is 17.4. The standard InChI is InChI=1S/C22H19N2S/c1-15-13-16(2)24-20(17-9-5-3-6-10-17)21(18-11-7-4-8-12-18)25-22(24)19(15)14-23/h3-13,20-21H,1-2H3/q+1/t20-,21+/m1/s1. The number of hydrogen-bond acceptors (Lipinski definition) is 2. The molecule has 0 bridgehead atoms. The lowest BCUT2D eigenvalue weighted by Crippen LogP contribution is -2.43. The SMILES string of the molecule is Cc1cc(C)[n+]2c(c1C#N)S[C@@H](c1ccccc1)[C@H]2c1ccccc1. The fourth-order valence-corrected chi connectivity index (χ4v) is 5.33. The van der Waals surface area contributed by atoms with Gasteiger partial charge in [-0.05, 0) is 29.8 Å². The maximum Gasteiger partial charge on any atom is 0.259 e. The van der Waals surface area contributed by atoms with Gasteiger partial charge in [-0.2, -0.15) is 9.83 Å². The summed E-state index contributed by atoms with van der Waals surface area (Å²) in [6, 6.07) is 26.0. The number of hydrogen-bond donors (Lipinski definition) is 0. The summed E-state index contributed by atoms with van der Waals surface area (Å²) in [5.41, 5.74) is 5.63. The molecule has 25 heavy (non-hydrogen) atoms. The van der Waals surface area contributed by atoms with Crippen molar-refractivity contribution in [2.24, 2.45) is 0 Å². The number of aryl methyl sites for hydroxylation is 2. The monoisotopic (exact) mass is 343 g/mol. The first-order valence-corrected chi connectivity index (χ1v) is 9.31. The van der Waals surface area contributed by atoms with E-state index in [4.69, 9.17) is 0 Å². The van der Waals surface area contributed by atoms with Crippen LogP contribution < -0.4 is 4.57 Å². The Morgan fingerprint density at radius 1 is 0.920 bits per heavy atom. The van der Waals surface area contributed by atoms with Gasteiger partial charge in [-0.1, -0.05) is 60.7 Å². The van der Waals surface area contributed by atoms with E-state index in [1.807, 2.05) is 18.7 Å². The van der Waals surface area contributed by atoms with Crippen LogP contribution in [0.5, 0.6) is 0 Å². The van der Waals surface area contributed by atoms with Gasteiger partial charge in [-0.25, -0.2) is 0 Å². The van der Waals surface area contributed by atoms with E-state index >= 15 is 0 Å². The molecule has 0 radical (unpaired) electrons. The number of fused-ring (bicyclic) bond motifs is 1. The Labute approximate surface area is 152 Å². The summed E-state index contributed by atoms with van der Waals surface area (Å²) in [6.07, 6.45) is 0. The third-order valence-electron chi connectivity index (χ3n) is 4.82. The largest absolute Gasteiger partial charge is 0.259 e. The quantitative estimate of drug-likeness (QED) is 0.619. The second-order valence-corrected chi connectivity index (χ2v) is 7.57. The Bertz CT molecular complexity index is 959. The molecule has 2 aromatic carbocycles. The van der Waals surface area contributed by atoms with Crippen LogP contribution in [0, 0.1) is 25.2 Å². The number of benzene rings is 2. The van der Waals surface area contributed by atoms with Crippen LogP contribution in [0.25, 0.3) is 0 Å². The number of thioether (sulfide) groups is 1. The van der Waals surface area contributed by atoms with Gasteiger partial charge in [0, 0.05) is 18.6 Å². The van der Waals surface area contributed by atoms with E-state index in [1.165, 1.54) is 16.8 Å². The highest BCUT2D eigenvalue weighted by Crippen LogP contribution is 2.49. The van der Waals surface area contributed by atoms with Gasteiger partial charge in [-0.15, -0.1) is 0 Å². The lowest BCUT2D eigenvalue weighted by atomic mass is 9.97. The minimum atomic E-state index is 0.191. The average molecular weight is 343 g/mol. The molecule has 3 aromatic rings. The predicted molar refractivity (Wildman–Crippen MR) is 100 cm³/mol. The Kier molecular flexibility index (Phi) is 4.07. The Hall–Kier alpha value is -2.57. The number of pyridine rings is 1. The zero-order valence-electron chi connectivity index (χ0n) is 14.3. The maximum absolute atomic E-state index is 9.71. The molecule has 1 aliphatic rings. The van der Waals surface area contributed by atoms with Gasteiger partial charge in [0.25, 0.3) is 5.03 Å². The molecule has 0 saturated heterocycles. The van der Waals surface area contributed by atoms with Gasteiger partial charge in [0.1, 0.15) is 16.9 Å². The molecule has 2 nitrogen and oxygen atoms in total. The maximum atomic E-state index is 9.71. The van der Waals surface area contributed by atoms with Gasteiger partial charge >= 0.3 is 0 Å². The van der Waals surface area contributed by atoms with Gasteiger partial charge in [0.2, 0.25) is 6.04 Å². The molecule has 4 rings (SSSR count). The topological polar surface area (TPSA) is 27.7 Å². The van der Waals surface area contributed by atoms with Crippen molar-refractivity contribution in [1.82, 2.24) is 0 Å². The van der Waals surface area contributed by atoms with Crippen LogP contribution in [-0.4, -0.2) is 0 Å². The summed E-state index contributed by atoms with van der Waals surface area (Å²) in [5.74, 6) is 0. The Morgan fingerprint density at radius 3 is 2.12 bits per heavy atom. The summed E-state index contributed by atoms with van der Waals surface area (Å²) in [5, 5.41) is 11.1. The third kappa shape index (κ3) is 2.63. The van der Waals surface area contributed by atoms with E-state index in [1.54, 1.807) is 0 Å². The minimum absolute atomic E-state index is 0.191. The van der Waals surface area contributed by atoms with Crippen LogP contribution in [0.3, 0.4) is 0 Å². The molecule has 122 valence electrons. The molecule has 2 heterocycles. The van der Waals surface area contributed by atoms with Crippen LogP contribution in [0.15, 0.2) is 71.8 Å². The van der Waals surface area contributed by atoms with Crippen molar-refractivity contribution >= 4 is 11.8 Å². The van der Waals surface area contributed by atoms with Crippen molar-refractivity contribution < 1.29 is 4.57 Å². The molecule has 0 fully saturated rings. The van der Waals surface area contributed by atoms with Crippen LogP contribution >= 0.6 is 11.8 Å². The fraction of sp³-hybridized carbons (Fsp3) is 0.182. The minimum Gasteiger partial charge on any atom is -0.192 e. The Morgan fingerprint density at radius 2 is 1.52 bits per heavy atom. The molecule has 0 saturated carbocycles. The summed E-state index contributed by atoms with van der Waals surface area (Å²) in [7, 11) is 0. The molecule has 0 aliphatic carbocycles. The first-order valence-electron chi connectivity index (χ1n) is 8.43. The van der Waals surface area contributed by atoms with Crippen molar-refractivity contribution in [3.8, 4) is 6.07 Å². The second kappa shape index (κ2) is 6.38. The molecule has 0 N–H and O–H groups in total. The summed E-state index contributed by atoms with van der Waals surface area (Å²) < 4.78 is 2.35. The van der Waals surface area contributed by atoms with Crippen molar-refractivity contribution in [2.75, 3.05) is 0 Å². The number of nitrogens with zero attached hydrogens (tertiary/aromatic N) is 2. The molecule has 1 aromatic heterocycles. The number of nitriles is 1. The molecule has 0 spiro atoms. The molecule has 3 heteroatoms. The van der Waals surface area contributed by atoms with E-state index in [0.717, 1.165) is 16.2 Å². The highest BCUT2D eigenvalue weighted by Gasteiger charge is 2.46. The van der Waals surface area contributed by atoms with Crippen molar-refractivity contribution in [1.29, 1.82) is 5.26 Å². The van der Waals surface area contributed by atoms with Crippen LogP contribution in [0.2, 0.25) is 0 Å². The van der Waals surface area contributed by atoms with Gasteiger partial charge in [0.15, 0.2) is 5.69 Å². The zero-order valence-corrected chi connectivity index (χ0v) is 15.1. The second-order valence-electron chi connectivity index (χ2n) is 6.44. The van der Waals surface area contributed by atoms with Crippen LogP contribution in [0.4, 0.5) is 0 Å². The summed E-state index contributed by atoms with van der Waals surface area (Å²) >= 11 is 1.81. The molecule has 0 unspecified atom stereocenters. The summed E-state index contributed by atoms with van der Waals surface area (Å²) in [4.78, 5) is 0. The lowest BCUT2D eigenvalue weighted by molar-refractivity contribution is -0.748. The molecule has 1 aliphatic heterocycles. The molecule has 2 atom stereocenters. The van der Waals surface area contributed by atoms with Crippen molar-refractivity contribution in [2.45, 2.75) is 30.2 Å². The molecular formula is C22H19N2S+. The smallest absolute Gasteiger partial charge is 0.192 e. The first kappa shape index (κ1) is 15.9. The van der Waals surface area contributed by atoms with E-state index in [9.17, 15) is 5.26 Å². The molecule has 0 amide bonds. The van der Waals surface area contributed by atoms with Crippen LogP contribution in [0.1, 0.15) is 39.2 Å². The Balaban J connectivity index is 1.97. The first-order chi connectivity index (χ1) is 12.2. The van der Waals surface area contributed by atoms with Gasteiger partial charge in [-0.3, -0.25) is 0 Å². The molecular weight excluding hydrogens is 324 g/mol. The number of aromatic nitrogens is 1. The normalized spacial score (nSPS) is 18.6.